The quantitative estimate of drug-likeness (QED) is 0.656. The third-order valence-electron chi connectivity index (χ3n) is 3.39. The van der Waals surface area contributed by atoms with Gasteiger partial charge in [0.25, 0.3) is 5.69 Å². The smallest absolute Gasteiger partial charge is 0.271 e. The van der Waals surface area contributed by atoms with Gasteiger partial charge >= 0.3 is 0 Å². The molecule has 1 aliphatic heterocycles. The number of benzene rings is 1. The van der Waals surface area contributed by atoms with Crippen LogP contribution in [-0.4, -0.2) is 39.3 Å². The van der Waals surface area contributed by atoms with E-state index in [1.165, 1.54) is 16.7 Å². The second-order valence-corrected chi connectivity index (χ2v) is 6.04. The minimum atomic E-state index is -0.763. The maximum atomic E-state index is 13.7. The monoisotopic (exact) mass is 341 g/mol. The Morgan fingerprint density at radius 1 is 1.52 bits per heavy atom. The van der Waals surface area contributed by atoms with E-state index in [1.807, 2.05) is 6.92 Å². The van der Waals surface area contributed by atoms with Crippen molar-refractivity contribution < 1.29 is 18.9 Å². The lowest BCUT2D eigenvalue weighted by Gasteiger charge is -2.23. The van der Waals surface area contributed by atoms with Crippen LogP contribution in [0.3, 0.4) is 0 Å². The summed E-state index contributed by atoms with van der Waals surface area (Å²) in [5.41, 5.74) is -0.578. The number of non-ortho nitro benzene ring substituents is 1. The molecule has 1 N–H and O–H groups in total. The van der Waals surface area contributed by atoms with Crippen molar-refractivity contribution in [3.05, 3.63) is 34.1 Å². The van der Waals surface area contributed by atoms with E-state index in [-0.39, 0.29) is 17.3 Å². The topological polar surface area (TPSA) is 92.6 Å². The summed E-state index contributed by atoms with van der Waals surface area (Å²) in [6, 6.07) is 2.22. The first-order valence-corrected chi connectivity index (χ1v) is 8.21. The first-order valence-electron chi connectivity index (χ1n) is 7.06. The first-order chi connectivity index (χ1) is 10.9. The molecule has 0 spiro atoms. The van der Waals surface area contributed by atoms with Crippen LogP contribution in [0.2, 0.25) is 0 Å². The minimum absolute atomic E-state index is 0.128. The van der Waals surface area contributed by atoms with Crippen LogP contribution in [0.15, 0.2) is 18.2 Å². The zero-order valence-electron chi connectivity index (χ0n) is 12.5. The summed E-state index contributed by atoms with van der Waals surface area (Å²) in [6.07, 6.45) is 1.02. The molecule has 0 saturated carbocycles. The van der Waals surface area contributed by atoms with E-state index in [9.17, 15) is 24.1 Å². The average Bonchev–Trinajstić information content (AvgIpc) is 2.99. The van der Waals surface area contributed by atoms with Crippen molar-refractivity contribution in [3.8, 4) is 0 Å². The number of hydrogen-bond acceptors (Lipinski definition) is 5. The number of thioether (sulfide) groups is 1. The van der Waals surface area contributed by atoms with E-state index < -0.39 is 22.7 Å². The van der Waals surface area contributed by atoms with Crippen molar-refractivity contribution in [2.45, 2.75) is 25.8 Å². The summed E-state index contributed by atoms with van der Waals surface area (Å²) >= 11 is 1.44. The Morgan fingerprint density at radius 3 is 2.91 bits per heavy atom. The molecule has 0 unspecified atom stereocenters. The molecule has 1 saturated heterocycles. The van der Waals surface area contributed by atoms with E-state index in [0.717, 1.165) is 18.2 Å². The number of carbonyl (C=O) groups excluding carboxylic acids is 2. The number of anilines is 1. The van der Waals surface area contributed by atoms with Gasteiger partial charge in [0.2, 0.25) is 11.8 Å². The maximum Gasteiger partial charge on any atom is 0.271 e. The predicted molar refractivity (Wildman–Crippen MR) is 84.6 cm³/mol. The van der Waals surface area contributed by atoms with Gasteiger partial charge in [0, 0.05) is 24.3 Å². The Hall–Kier alpha value is -2.16. The van der Waals surface area contributed by atoms with Gasteiger partial charge in [-0.1, -0.05) is 6.92 Å². The van der Waals surface area contributed by atoms with Crippen molar-refractivity contribution in [1.82, 2.24) is 4.90 Å². The molecule has 0 radical (unpaired) electrons. The van der Waals surface area contributed by atoms with Crippen LogP contribution in [0, 0.1) is 15.9 Å². The highest BCUT2D eigenvalue weighted by molar-refractivity contribution is 7.99. The number of amides is 2. The number of rotatable bonds is 5. The Morgan fingerprint density at radius 2 is 2.26 bits per heavy atom. The fraction of sp³-hybridized carbons (Fsp3) is 0.429. The summed E-state index contributed by atoms with van der Waals surface area (Å²) in [7, 11) is 0. The summed E-state index contributed by atoms with van der Waals surface area (Å²) in [5.74, 6) is -0.608. The standard InChI is InChI=1S/C14H16FN3O4S/c1-2-3-13(19)17-8-23-7-12(17)14(20)16-11-6-9(18(21)22)4-5-10(11)15/h4-6,12H,2-3,7-8H2,1H3,(H,16,20)/t12-/m1/s1. The zero-order chi connectivity index (χ0) is 17.0. The number of nitrogens with zero attached hydrogens (tertiary/aromatic N) is 2. The molecular formula is C14H16FN3O4S. The van der Waals surface area contributed by atoms with Gasteiger partial charge in [-0.3, -0.25) is 19.7 Å². The van der Waals surface area contributed by atoms with Crippen molar-refractivity contribution in [3.63, 3.8) is 0 Å². The van der Waals surface area contributed by atoms with Gasteiger partial charge in [0.05, 0.1) is 16.5 Å². The average molecular weight is 341 g/mol. The number of carbonyl (C=O) groups is 2. The lowest BCUT2D eigenvalue weighted by molar-refractivity contribution is -0.384. The molecular weight excluding hydrogens is 325 g/mol. The third kappa shape index (κ3) is 3.98. The molecule has 124 valence electrons. The van der Waals surface area contributed by atoms with Gasteiger partial charge in [0.1, 0.15) is 11.9 Å². The van der Waals surface area contributed by atoms with E-state index in [0.29, 0.717) is 24.5 Å². The van der Waals surface area contributed by atoms with Crippen molar-refractivity contribution in [2.24, 2.45) is 0 Å². The summed E-state index contributed by atoms with van der Waals surface area (Å²) in [4.78, 5) is 35.8. The highest BCUT2D eigenvalue weighted by atomic mass is 32.2. The van der Waals surface area contributed by atoms with Crippen LogP contribution in [0.4, 0.5) is 15.8 Å². The zero-order valence-corrected chi connectivity index (χ0v) is 13.3. The van der Waals surface area contributed by atoms with Crippen molar-refractivity contribution in [1.29, 1.82) is 0 Å². The molecule has 1 aliphatic rings. The van der Waals surface area contributed by atoms with Crippen LogP contribution >= 0.6 is 11.8 Å². The second-order valence-electron chi connectivity index (χ2n) is 5.04. The van der Waals surface area contributed by atoms with Crippen molar-refractivity contribution >= 4 is 35.0 Å². The molecule has 0 aromatic heterocycles. The van der Waals surface area contributed by atoms with Gasteiger partial charge in [-0.25, -0.2) is 4.39 Å². The van der Waals surface area contributed by atoms with Gasteiger partial charge in [-0.2, -0.15) is 0 Å². The molecule has 1 heterocycles. The fourth-order valence-corrected chi connectivity index (χ4v) is 3.38. The number of nitro groups is 1. The van der Waals surface area contributed by atoms with Gasteiger partial charge in [0.15, 0.2) is 0 Å². The highest BCUT2D eigenvalue weighted by Crippen LogP contribution is 2.25. The first kappa shape index (κ1) is 17.2. The lowest BCUT2D eigenvalue weighted by Crippen LogP contribution is -2.44. The molecule has 23 heavy (non-hydrogen) atoms. The Labute approximate surface area is 136 Å². The molecule has 0 bridgehead atoms. The number of nitrogens with one attached hydrogen (secondary N) is 1. The molecule has 9 heteroatoms. The molecule has 2 rings (SSSR count). The molecule has 1 aromatic carbocycles. The summed E-state index contributed by atoms with van der Waals surface area (Å²) < 4.78 is 13.7. The molecule has 7 nitrogen and oxygen atoms in total. The van der Waals surface area contributed by atoms with E-state index in [4.69, 9.17) is 0 Å². The highest BCUT2D eigenvalue weighted by Gasteiger charge is 2.34. The largest absolute Gasteiger partial charge is 0.322 e. The molecule has 0 aliphatic carbocycles. The van der Waals surface area contributed by atoms with Gasteiger partial charge in [-0.15, -0.1) is 11.8 Å². The Kier molecular flexibility index (Phi) is 5.54. The number of halogens is 1. The number of nitro benzene ring substituents is 1. The van der Waals surface area contributed by atoms with E-state index in [2.05, 4.69) is 5.32 Å². The van der Waals surface area contributed by atoms with E-state index in [1.54, 1.807) is 0 Å². The lowest BCUT2D eigenvalue weighted by atomic mass is 10.2. The predicted octanol–water partition coefficient (Wildman–Crippen LogP) is 2.37. The van der Waals surface area contributed by atoms with Crippen LogP contribution in [0.1, 0.15) is 19.8 Å². The summed E-state index contributed by atoms with van der Waals surface area (Å²) in [6.45, 7) is 1.87. The normalized spacial score (nSPS) is 17.1. The molecule has 1 aromatic rings. The molecule has 2 amide bonds. The Bertz CT molecular complexity index is 640. The number of hydrogen-bond donors (Lipinski definition) is 1. The second kappa shape index (κ2) is 7.40. The van der Waals surface area contributed by atoms with E-state index >= 15 is 0 Å². The minimum Gasteiger partial charge on any atom is -0.322 e. The summed E-state index contributed by atoms with van der Waals surface area (Å²) in [5, 5.41) is 13.1. The van der Waals surface area contributed by atoms with Crippen molar-refractivity contribution in [2.75, 3.05) is 16.9 Å². The fourth-order valence-electron chi connectivity index (χ4n) is 2.20. The third-order valence-corrected chi connectivity index (χ3v) is 4.40. The molecule has 1 atom stereocenters. The Balaban J connectivity index is 2.13. The maximum absolute atomic E-state index is 13.7. The van der Waals surface area contributed by atoms with Gasteiger partial charge in [-0.05, 0) is 12.5 Å². The van der Waals surface area contributed by atoms with Crippen LogP contribution < -0.4 is 5.32 Å². The molecule has 1 fully saturated rings. The van der Waals surface area contributed by atoms with Crippen LogP contribution in [-0.2, 0) is 9.59 Å². The van der Waals surface area contributed by atoms with Gasteiger partial charge < -0.3 is 10.2 Å². The SMILES string of the molecule is CCCC(=O)N1CSC[C@@H]1C(=O)Nc1cc([N+](=O)[O-])ccc1F. The van der Waals surface area contributed by atoms with Crippen LogP contribution in [0.25, 0.3) is 0 Å². The van der Waals surface area contributed by atoms with Crippen LogP contribution in [0.5, 0.6) is 0 Å².